The van der Waals surface area contributed by atoms with Crippen LogP contribution in [-0.4, -0.2) is 16.5 Å². The number of amides is 1. The summed E-state index contributed by atoms with van der Waals surface area (Å²) in [6.45, 7) is 2.08. The fourth-order valence-electron chi connectivity index (χ4n) is 2.80. The molecule has 1 amide bonds. The molecule has 0 radical (unpaired) electrons. The summed E-state index contributed by atoms with van der Waals surface area (Å²) in [5.74, 6) is 0.0280. The Morgan fingerprint density at radius 2 is 1.95 bits per heavy atom. The summed E-state index contributed by atoms with van der Waals surface area (Å²) < 4.78 is 2.15. The molecule has 110 valence electrons. The first-order valence-corrected chi connectivity index (χ1v) is 7.70. The number of para-hydroxylation sites is 1. The minimum atomic E-state index is 0.0280. The van der Waals surface area contributed by atoms with E-state index in [0.29, 0.717) is 6.04 Å². The molecule has 0 unspecified atom stereocenters. The van der Waals surface area contributed by atoms with Gasteiger partial charge in [-0.1, -0.05) is 24.3 Å². The summed E-state index contributed by atoms with van der Waals surface area (Å²) >= 11 is 0. The Labute approximate surface area is 129 Å². The summed E-state index contributed by atoms with van der Waals surface area (Å²) in [4.78, 5) is 12.3. The third-order valence-electron chi connectivity index (χ3n) is 4.24. The Morgan fingerprint density at radius 1 is 1.14 bits per heavy atom. The van der Waals surface area contributed by atoms with Crippen molar-refractivity contribution in [2.45, 2.75) is 25.8 Å². The number of hydrogen-bond donors (Lipinski definition) is 1. The molecule has 0 saturated heterocycles. The van der Waals surface area contributed by atoms with E-state index in [1.807, 2.05) is 30.3 Å². The molecule has 3 heteroatoms. The molecule has 1 heterocycles. The molecule has 2 aromatic carbocycles. The molecule has 1 aliphatic carbocycles. The molecule has 0 spiro atoms. The maximum absolute atomic E-state index is 12.3. The van der Waals surface area contributed by atoms with E-state index < -0.39 is 0 Å². The van der Waals surface area contributed by atoms with E-state index in [-0.39, 0.29) is 5.91 Å². The minimum Gasteiger partial charge on any atom is -0.349 e. The van der Waals surface area contributed by atoms with E-state index in [1.54, 1.807) is 0 Å². The van der Waals surface area contributed by atoms with E-state index in [2.05, 4.69) is 41.2 Å². The van der Waals surface area contributed by atoms with E-state index in [9.17, 15) is 4.79 Å². The Balaban J connectivity index is 1.78. The smallest absolute Gasteiger partial charge is 0.251 e. The fraction of sp³-hybridized carbons (Fsp3) is 0.211. The van der Waals surface area contributed by atoms with Crippen LogP contribution in [0.3, 0.4) is 0 Å². The predicted octanol–water partition coefficient (Wildman–Crippen LogP) is 3.83. The molecular formula is C19H18N2O. The Hall–Kier alpha value is -2.55. The number of aromatic nitrogens is 1. The van der Waals surface area contributed by atoms with Crippen LogP contribution in [0.4, 0.5) is 0 Å². The first-order chi connectivity index (χ1) is 10.7. The monoisotopic (exact) mass is 290 g/mol. The summed E-state index contributed by atoms with van der Waals surface area (Å²) in [5, 5.41) is 4.25. The number of carbonyl (C=O) groups is 1. The number of aryl methyl sites for hydroxylation is 1. The lowest BCUT2D eigenvalue weighted by Crippen LogP contribution is -2.25. The molecule has 22 heavy (non-hydrogen) atoms. The molecule has 4 rings (SSSR count). The first-order valence-electron chi connectivity index (χ1n) is 7.70. The lowest BCUT2D eigenvalue weighted by molar-refractivity contribution is 0.0951. The highest BCUT2D eigenvalue weighted by Gasteiger charge is 2.24. The number of hydrogen-bond acceptors (Lipinski definition) is 1. The molecular weight excluding hydrogens is 272 g/mol. The first kappa shape index (κ1) is 13.1. The van der Waals surface area contributed by atoms with Crippen LogP contribution in [0.2, 0.25) is 0 Å². The second kappa shape index (κ2) is 5.02. The van der Waals surface area contributed by atoms with Gasteiger partial charge in [0.05, 0.1) is 5.52 Å². The molecule has 1 saturated carbocycles. The van der Waals surface area contributed by atoms with Crippen molar-refractivity contribution in [2.24, 2.45) is 0 Å². The van der Waals surface area contributed by atoms with Gasteiger partial charge >= 0.3 is 0 Å². The zero-order chi connectivity index (χ0) is 15.1. The topological polar surface area (TPSA) is 34.0 Å². The van der Waals surface area contributed by atoms with Crippen molar-refractivity contribution >= 4 is 16.8 Å². The molecule has 3 nitrogen and oxygen atoms in total. The van der Waals surface area contributed by atoms with Gasteiger partial charge in [0.2, 0.25) is 0 Å². The molecule has 0 atom stereocenters. The van der Waals surface area contributed by atoms with Gasteiger partial charge in [0, 0.05) is 23.5 Å². The standard InChI is InChI=1S/C19H18N2O/c1-13-6-7-15(19(22)20-16-8-9-16)12-18(13)21-11-10-14-4-2-3-5-17(14)21/h2-7,10-12,16H,8-9H2,1H3,(H,20,22). The highest BCUT2D eigenvalue weighted by atomic mass is 16.1. The molecule has 1 N–H and O–H groups in total. The number of nitrogens with zero attached hydrogens (tertiary/aromatic N) is 1. The predicted molar refractivity (Wildman–Crippen MR) is 88.5 cm³/mol. The average molecular weight is 290 g/mol. The van der Waals surface area contributed by atoms with Gasteiger partial charge in [-0.2, -0.15) is 0 Å². The summed E-state index contributed by atoms with van der Waals surface area (Å²) in [6, 6.07) is 16.7. The quantitative estimate of drug-likeness (QED) is 0.781. The Bertz CT molecular complexity index is 859. The Morgan fingerprint density at radius 3 is 2.77 bits per heavy atom. The zero-order valence-electron chi connectivity index (χ0n) is 12.5. The fourth-order valence-corrected chi connectivity index (χ4v) is 2.80. The summed E-state index contributed by atoms with van der Waals surface area (Å²) in [6.07, 6.45) is 4.27. The van der Waals surface area contributed by atoms with Gasteiger partial charge in [0.25, 0.3) is 5.91 Å². The SMILES string of the molecule is Cc1ccc(C(=O)NC2CC2)cc1-n1ccc2ccccc21. The molecule has 1 aromatic heterocycles. The Kier molecular flexibility index (Phi) is 3.00. The largest absolute Gasteiger partial charge is 0.349 e. The van der Waals surface area contributed by atoms with E-state index in [1.165, 1.54) is 5.39 Å². The maximum Gasteiger partial charge on any atom is 0.251 e. The van der Waals surface area contributed by atoms with Crippen molar-refractivity contribution < 1.29 is 4.79 Å². The third kappa shape index (κ3) is 2.29. The zero-order valence-corrected chi connectivity index (χ0v) is 12.5. The van der Waals surface area contributed by atoms with Gasteiger partial charge in [0.1, 0.15) is 0 Å². The van der Waals surface area contributed by atoms with Crippen molar-refractivity contribution in [1.82, 2.24) is 9.88 Å². The molecule has 3 aromatic rings. The lowest BCUT2D eigenvalue weighted by Gasteiger charge is -2.12. The van der Waals surface area contributed by atoms with Gasteiger partial charge in [0.15, 0.2) is 0 Å². The minimum absolute atomic E-state index is 0.0280. The van der Waals surface area contributed by atoms with Crippen LogP contribution >= 0.6 is 0 Å². The van der Waals surface area contributed by atoms with Crippen molar-refractivity contribution in [3.05, 3.63) is 65.9 Å². The van der Waals surface area contributed by atoms with Crippen molar-refractivity contribution in [3.8, 4) is 5.69 Å². The molecule has 0 aliphatic heterocycles. The van der Waals surface area contributed by atoms with Gasteiger partial charge in [-0.25, -0.2) is 0 Å². The molecule has 0 bridgehead atoms. The van der Waals surface area contributed by atoms with Crippen LogP contribution in [0.1, 0.15) is 28.8 Å². The van der Waals surface area contributed by atoms with Gasteiger partial charge in [-0.15, -0.1) is 0 Å². The van der Waals surface area contributed by atoms with Crippen LogP contribution < -0.4 is 5.32 Å². The van der Waals surface area contributed by atoms with Crippen LogP contribution in [0, 0.1) is 6.92 Å². The van der Waals surface area contributed by atoms with Crippen molar-refractivity contribution in [2.75, 3.05) is 0 Å². The second-order valence-corrected chi connectivity index (χ2v) is 5.99. The van der Waals surface area contributed by atoms with E-state index >= 15 is 0 Å². The van der Waals surface area contributed by atoms with E-state index in [0.717, 1.165) is 35.2 Å². The van der Waals surface area contributed by atoms with Crippen molar-refractivity contribution in [1.29, 1.82) is 0 Å². The van der Waals surface area contributed by atoms with Crippen LogP contribution in [0.15, 0.2) is 54.7 Å². The number of nitrogens with one attached hydrogen (secondary N) is 1. The number of fused-ring (bicyclic) bond motifs is 1. The van der Waals surface area contributed by atoms with Crippen LogP contribution in [0.25, 0.3) is 16.6 Å². The van der Waals surface area contributed by atoms with Crippen LogP contribution in [-0.2, 0) is 0 Å². The molecule has 1 aliphatic rings. The highest BCUT2D eigenvalue weighted by Crippen LogP contribution is 2.24. The number of carbonyl (C=O) groups excluding carboxylic acids is 1. The van der Waals surface area contributed by atoms with Gasteiger partial charge in [-0.05, 0) is 55.0 Å². The normalized spacial score (nSPS) is 14.2. The number of rotatable bonds is 3. The van der Waals surface area contributed by atoms with Crippen molar-refractivity contribution in [3.63, 3.8) is 0 Å². The highest BCUT2D eigenvalue weighted by molar-refractivity contribution is 5.95. The maximum atomic E-state index is 12.3. The summed E-state index contributed by atoms with van der Waals surface area (Å²) in [5.41, 5.74) is 4.10. The lowest BCUT2D eigenvalue weighted by atomic mass is 10.1. The number of benzene rings is 2. The van der Waals surface area contributed by atoms with Gasteiger partial charge < -0.3 is 9.88 Å². The van der Waals surface area contributed by atoms with Gasteiger partial charge in [-0.3, -0.25) is 4.79 Å². The summed E-state index contributed by atoms with van der Waals surface area (Å²) in [7, 11) is 0. The average Bonchev–Trinajstić information content (AvgIpc) is 3.24. The molecule has 1 fully saturated rings. The third-order valence-corrected chi connectivity index (χ3v) is 4.24. The van der Waals surface area contributed by atoms with Crippen LogP contribution in [0.5, 0.6) is 0 Å². The second-order valence-electron chi connectivity index (χ2n) is 5.99. The van der Waals surface area contributed by atoms with E-state index in [4.69, 9.17) is 0 Å².